The standard InChI is InChI=1S/C20H21ClN4O3S2/c1-4-7-25-18(9-13-6-5-8-29-13)23-24-20(25)30-12-19(26)22-15-11-16(27-2)14(21)10-17(15)28-3/h4-6,8,10-11H,1,7,9,12H2,2-3H3,(H,22,26). The van der Waals surface area contributed by atoms with E-state index in [0.717, 1.165) is 5.82 Å². The van der Waals surface area contributed by atoms with Crippen molar-refractivity contribution in [3.8, 4) is 11.5 Å². The van der Waals surface area contributed by atoms with Gasteiger partial charge in [0.25, 0.3) is 0 Å². The van der Waals surface area contributed by atoms with Gasteiger partial charge < -0.3 is 19.4 Å². The smallest absolute Gasteiger partial charge is 0.234 e. The summed E-state index contributed by atoms with van der Waals surface area (Å²) >= 11 is 9.09. The van der Waals surface area contributed by atoms with E-state index in [2.05, 4.69) is 28.2 Å². The molecule has 0 spiro atoms. The zero-order valence-electron chi connectivity index (χ0n) is 16.6. The number of anilines is 1. The first kappa shape index (κ1) is 22.2. The van der Waals surface area contributed by atoms with Gasteiger partial charge in [0.15, 0.2) is 5.16 Å². The summed E-state index contributed by atoms with van der Waals surface area (Å²) in [6.45, 7) is 4.38. The number of thiophene rings is 1. The molecular formula is C20H21ClN4O3S2. The van der Waals surface area contributed by atoms with Crippen molar-refractivity contribution in [1.82, 2.24) is 14.8 Å². The molecule has 3 rings (SSSR count). The number of hydrogen-bond donors (Lipinski definition) is 1. The molecule has 1 aromatic carbocycles. The zero-order valence-corrected chi connectivity index (χ0v) is 18.9. The van der Waals surface area contributed by atoms with Crippen LogP contribution in [-0.4, -0.2) is 40.6 Å². The molecule has 158 valence electrons. The maximum Gasteiger partial charge on any atom is 0.234 e. The Labute approximate surface area is 188 Å². The summed E-state index contributed by atoms with van der Waals surface area (Å²) in [5.74, 6) is 1.68. The van der Waals surface area contributed by atoms with Crippen molar-refractivity contribution in [3.63, 3.8) is 0 Å². The van der Waals surface area contributed by atoms with Crippen molar-refractivity contribution >= 4 is 46.3 Å². The van der Waals surface area contributed by atoms with E-state index in [9.17, 15) is 4.79 Å². The first-order valence-corrected chi connectivity index (χ1v) is 11.2. The Balaban J connectivity index is 1.69. The molecule has 2 heterocycles. The van der Waals surface area contributed by atoms with Crippen LogP contribution in [-0.2, 0) is 17.8 Å². The van der Waals surface area contributed by atoms with Crippen molar-refractivity contribution < 1.29 is 14.3 Å². The number of carbonyl (C=O) groups excluding carboxylic acids is 1. The van der Waals surface area contributed by atoms with Crippen molar-refractivity contribution in [2.45, 2.75) is 18.1 Å². The Hall–Kier alpha value is -2.49. The van der Waals surface area contributed by atoms with Gasteiger partial charge in [-0.25, -0.2) is 0 Å². The number of benzene rings is 1. The maximum atomic E-state index is 12.5. The summed E-state index contributed by atoms with van der Waals surface area (Å²) < 4.78 is 12.5. The average molecular weight is 465 g/mol. The predicted octanol–water partition coefficient (Wildman–Crippen LogP) is 4.52. The minimum atomic E-state index is -0.212. The number of halogens is 1. The number of nitrogens with zero attached hydrogens (tertiary/aromatic N) is 3. The molecule has 0 saturated heterocycles. The van der Waals surface area contributed by atoms with Crippen LogP contribution in [0.25, 0.3) is 0 Å². The molecule has 0 bridgehead atoms. The third kappa shape index (κ3) is 5.35. The fraction of sp³-hybridized carbons (Fsp3) is 0.250. The Kier molecular flexibility index (Phi) is 7.78. The van der Waals surface area contributed by atoms with Crippen LogP contribution in [0.3, 0.4) is 0 Å². The molecule has 10 heteroatoms. The zero-order chi connectivity index (χ0) is 21.5. The molecule has 1 N–H and O–H groups in total. The molecule has 0 aliphatic carbocycles. The molecule has 0 aliphatic rings. The normalized spacial score (nSPS) is 10.6. The second kappa shape index (κ2) is 10.5. The van der Waals surface area contributed by atoms with Gasteiger partial charge in [-0.3, -0.25) is 4.79 Å². The molecule has 7 nitrogen and oxygen atoms in total. The summed E-state index contributed by atoms with van der Waals surface area (Å²) in [5, 5.41) is 14.5. The minimum Gasteiger partial charge on any atom is -0.495 e. The predicted molar refractivity (Wildman–Crippen MR) is 121 cm³/mol. The number of thioether (sulfide) groups is 1. The number of ether oxygens (including phenoxy) is 2. The van der Waals surface area contributed by atoms with Gasteiger partial charge in [-0.1, -0.05) is 35.5 Å². The van der Waals surface area contributed by atoms with Gasteiger partial charge in [0, 0.05) is 30.0 Å². The number of hydrogen-bond acceptors (Lipinski definition) is 7. The topological polar surface area (TPSA) is 78.3 Å². The summed E-state index contributed by atoms with van der Waals surface area (Å²) in [7, 11) is 3.02. The quantitative estimate of drug-likeness (QED) is 0.351. The van der Waals surface area contributed by atoms with Gasteiger partial charge in [0.2, 0.25) is 5.91 Å². The Morgan fingerprint density at radius 3 is 2.80 bits per heavy atom. The summed E-state index contributed by atoms with van der Waals surface area (Å²) in [5.41, 5.74) is 0.482. The molecule has 0 radical (unpaired) electrons. The molecule has 0 aliphatic heterocycles. The molecular weight excluding hydrogens is 444 g/mol. The number of rotatable bonds is 10. The fourth-order valence-corrected chi connectivity index (χ4v) is 4.41. The van der Waals surface area contributed by atoms with Crippen LogP contribution in [0.2, 0.25) is 5.02 Å². The average Bonchev–Trinajstić information content (AvgIpc) is 3.38. The molecule has 3 aromatic rings. The van der Waals surface area contributed by atoms with Crippen LogP contribution in [0.4, 0.5) is 5.69 Å². The number of amides is 1. The maximum absolute atomic E-state index is 12.5. The van der Waals surface area contributed by atoms with Crippen molar-refractivity contribution in [3.05, 3.63) is 58.0 Å². The Morgan fingerprint density at radius 1 is 1.33 bits per heavy atom. The van der Waals surface area contributed by atoms with E-state index in [1.807, 2.05) is 16.0 Å². The lowest BCUT2D eigenvalue weighted by Crippen LogP contribution is -2.15. The summed E-state index contributed by atoms with van der Waals surface area (Å²) in [6, 6.07) is 7.30. The van der Waals surface area contributed by atoms with Gasteiger partial charge >= 0.3 is 0 Å². The molecule has 1 amide bonds. The second-order valence-electron chi connectivity index (χ2n) is 6.08. The SMILES string of the molecule is C=CCn1c(Cc2cccs2)nnc1SCC(=O)Nc1cc(OC)c(Cl)cc1OC. The highest BCUT2D eigenvalue weighted by Crippen LogP contribution is 2.36. The number of carbonyl (C=O) groups is 1. The van der Waals surface area contributed by atoms with Gasteiger partial charge in [-0.2, -0.15) is 0 Å². The first-order valence-electron chi connectivity index (χ1n) is 8.95. The van der Waals surface area contributed by atoms with E-state index < -0.39 is 0 Å². The molecule has 0 fully saturated rings. The largest absolute Gasteiger partial charge is 0.495 e. The number of methoxy groups -OCH3 is 2. The second-order valence-corrected chi connectivity index (χ2v) is 8.46. The molecule has 0 unspecified atom stereocenters. The van der Waals surface area contributed by atoms with Crippen LogP contribution < -0.4 is 14.8 Å². The van der Waals surface area contributed by atoms with Gasteiger partial charge in [0.1, 0.15) is 17.3 Å². The lowest BCUT2D eigenvalue weighted by Gasteiger charge is -2.13. The van der Waals surface area contributed by atoms with Gasteiger partial charge in [-0.05, 0) is 11.4 Å². The van der Waals surface area contributed by atoms with Crippen molar-refractivity contribution in [1.29, 1.82) is 0 Å². The highest BCUT2D eigenvalue weighted by Gasteiger charge is 2.16. The molecule has 2 aromatic heterocycles. The lowest BCUT2D eigenvalue weighted by atomic mass is 10.2. The lowest BCUT2D eigenvalue weighted by molar-refractivity contribution is -0.113. The van der Waals surface area contributed by atoms with E-state index >= 15 is 0 Å². The van der Waals surface area contributed by atoms with Gasteiger partial charge in [-0.15, -0.1) is 28.1 Å². The van der Waals surface area contributed by atoms with E-state index in [-0.39, 0.29) is 11.7 Å². The van der Waals surface area contributed by atoms with Crippen LogP contribution in [0, 0.1) is 0 Å². The van der Waals surface area contributed by atoms with Crippen LogP contribution in [0.15, 0.2) is 47.5 Å². The Morgan fingerprint density at radius 2 is 2.13 bits per heavy atom. The summed E-state index contributed by atoms with van der Waals surface area (Å²) in [6.07, 6.45) is 2.48. The van der Waals surface area contributed by atoms with E-state index in [0.29, 0.717) is 40.3 Å². The monoisotopic (exact) mass is 464 g/mol. The van der Waals surface area contributed by atoms with Crippen molar-refractivity contribution in [2.24, 2.45) is 0 Å². The first-order chi connectivity index (χ1) is 14.5. The van der Waals surface area contributed by atoms with Crippen molar-refractivity contribution in [2.75, 3.05) is 25.3 Å². The van der Waals surface area contributed by atoms with Gasteiger partial charge in [0.05, 0.1) is 30.7 Å². The minimum absolute atomic E-state index is 0.155. The van der Waals surface area contributed by atoms with Crippen LogP contribution in [0.5, 0.6) is 11.5 Å². The highest BCUT2D eigenvalue weighted by molar-refractivity contribution is 7.99. The number of nitrogens with one attached hydrogen (secondary N) is 1. The third-order valence-electron chi connectivity index (χ3n) is 4.10. The van der Waals surface area contributed by atoms with Crippen LogP contribution >= 0.6 is 34.7 Å². The molecule has 0 saturated carbocycles. The van der Waals surface area contributed by atoms with Crippen LogP contribution in [0.1, 0.15) is 10.7 Å². The molecule has 0 atom stereocenters. The highest BCUT2D eigenvalue weighted by atomic mass is 35.5. The Bertz CT molecular complexity index is 1020. The van der Waals surface area contributed by atoms with E-state index in [1.165, 1.54) is 30.9 Å². The number of aromatic nitrogens is 3. The number of allylic oxidation sites excluding steroid dienone is 1. The third-order valence-corrected chi connectivity index (χ3v) is 6.24. The molecule has 30 heavy (non-hydrogen) atoms. The van der Waals surface area contributed by atoms with E-state index in [1.54, 1.807) is 29.5 Å². The summed E-state index contributed by atoms with van der Waals surface area (Å²) in [4.78, 5) is 13.7. The van der Waals surface area contributed by atoms with E-state index in [4.69, 9.17) is 21.1 Å². The fourth-order valence-electron chi connectivity index (χ4n) is 2.71.